The van der Waals surface area contributed by atoms with Crippen LogP contribution in [0.3, 0.4) is 0 Å². The number of amides is 1. The summed E-state index contributed by atoms with van der Waals surface area (Å²) in [5.74, 6) is 1.78. The molecule has 2 heterocycles. The summed E-state index contributed by atoms with van der Waals surface area (Å²) in [5, 5.41) is 0.697. The molecule has 7 nitrogen and oxygen atoms in total. The Morgan fingerprint density at radius 2 is 1.73 bits per heavy atom. The number of benzene rings is 2. The largest absolute Gasteiger partial charge is 0.497 e. The fourth-order valence-electron chi connectivity index (χ4n) is 4.42. The first kappa shape index (κ1) is 27.3. The summed E-state index contributed by atoms with van der Waals surface area (Å²) in [6.45, 7) is 5.00. The summed E-state index contributed by atoms with van der Waals surface area (Å²) < 4.78 is 7.88. The maximum absolute atomic E-state index is 13.0. The van der Waals surface area contributed by atoms with Crippen LogP contribution in [-0.4, -0.2) is 59.4 Å². The standard InChI is InChI=1S/C28H33BrN4O3S/c1-20-25(19-21-6-8-22(29)9-7-21)27(35)31(2)28(30-20)37-18-4-5-26(34)33-16-14-32(15-17-33)23-10-12-24(36-3)13-11-23/h6-13H,4-5,14-19H2,1-3H3. The van der Waals surface area contributed by atoms with E-state index in [1.807, 2.05) is 48.2 Å². The lowest BCUT2D eigenvalue weighted by molar-refractivity contribution is -0.131. The van der Waals surface area contributed by atoms with Gasteiger partial charge in [0.15, 0.2) is 5.16 Å². The van der Waals surface area contributed by atoms with Gasteiger partial charge in [-0.05, 0) is 55.3 Å². The number of methoxy groups -OCH3 is 1. The van der Waals surface area contributed by atoms with Crippen LogP contribution < -0.4 is 15.2 Å². The third-order valence-corrected chi connectivity index (χ3v) is 8.32. The molecule has 0 N–H and O–H groups in total. The number of rotatable bonds is 9. The highest BCUT2D eigenvalue weighted by Crippen LogP contribution is 2.22. The average Bonchev–Trinajstić information content (AvgIpc) is 2.92. The van der Waals surface area contributed by atoms with Crippen LogP contribution in [0.15, 0.2) is 63.0 Å². The predicted octanol–water partition coefficient (Wildman–Crippen LogP) is 4.67. The third-order valence-electron chi connectivity index (χ3n) is 6.68. The number of halogens is 1. The van der Waals surface area contributed by atoms with Crippen LogP contribution in [0, 0.1) is 6.92 Å². The molecule has 3 aromatic rings. The minimum Gasteiger partial charge on any atom is -0.497 e. The highest BCUT2D eigenvalue weighted by Gasteiger charge is 2.21. The number of aromatic nitrogens is 2. The predicted molar refractivity (Wildman–Crippen MR) is 153 cm³/mol. The highest BCUT2D eigenvalue weighted by atomic mass is 79.9. The Labute approximate surface area is 231 Å². The van der Waals surface area contributed by atoms with Crippen LogP contribution in [0.4, 0.5) is 5.69 Å². The van der Waals surface area contributed by atoms with Gasteiger partial charge in [0, 0.05) is 73.2 Å². The van der Waals surface area contributed by atoms with E-state index in [0.29, 0.717) is 18.0 Å². The molecule has 2 aromatic carbocycles. The van der Waals surface area contributed by atoms with Gasteiger partial charge in [-0.3, -0.25) is 14.2 Å². The summed E-state index contributed by atoms with van der Waals surface area (Å²) in [6, 6.07) is 16.0. The van der Waals surface area contributed by atoms with Gasteiger partial charge in [-0.25, -0.2) is 4.98 Å². The Morgan fingerprint density at radius 3 is 2.38 bits per heavy atom. The number of piperazine rings is 1. The van der Waals surface area contributed by atoms with Crippen LogP contribution in [-0.2, 0) is 18.3 Å². The van der Waals surface area contributed by atoms with Crippen molar-refractivity contribution in [2.75, 3.05) is 43.9 Å². The lowest BCUT2D eigenvalue weighted by Crippen LogP contribution is -2.48. The van der Waals surface area contributed by atoms with Crippen molar-refractivity contribution in [1.29, 1.82) is 0 Å². The molecule has 1 aliphatic rings. The fraction of sp³-hybridized carbons (Fsp3) is 0.393. The second-order valence-corrected chi connectivity index (χ2v) is 11.1. The van der Waals surface area contributed by atoms with E-state index in [2.05, 4.69) is 33.0 Å². The molecule has 1 amide bonds. The van der Waals surface area contributed by atoms with Gasteiger partial charge in [0.1, 0.15) is 5.75 Å². The van der Waals surface area contributed by atoms with Gasteiger partial charge in [-0.2, -0.15) is 0 Å². The van der Waals surface area contributed by atoms with Crippen LogP contribution >= 0.6 is 27.7 Å². The quantitative estimate of drug-likeness (QED) is 0.207. The van der Waals surface area contributed by atoms with E-state index in [1.165, 1.54) is 11.8 Å². The number of carbonyl (C=O) groups is 1. The zero-order chi connectivity index (χ0) is 26.4. The van der Waals surface area contributed by atoms with E-state index in [-0.39, 0.29) is 11.5 Å². The Balaban J connectivity index is 1.24. The Kier molecular flexibility index (Phi) is 9.32. The number of hydrogen-bond acceptors (Lipinski definition) is 6. The maximum atomic E-state index is 13.0. The second kappa shape index (κ2) is 12.6. The number of carbonyl (C=O) groups excluding carboxylic acids is 1. The summed E-state index contributed by atoms with van der Waals surface area (Å²) in [4.78, 5) is 34.7. The first-order chi connectivity index (χ1) is 17.9. The molecule has 9 heteroatoms. The van der Waals surface area contributed by atoms with Crippen molar-refractivity contribution in [2.24, 2.45) is 7.05 Å². The number of aryl methyl sites for hydroxylation is 1. The van der Waals surface area contributed by atoms with E-state index < -0.39 is 0 Å². The number of nitrogens with zero attached hydrogens (tertiary/aromatic N) is 4. The van der Waals surface area contributed by atoms with Gasteiger partial charge >= 0.3 is 0 Å². The summed E-state index contributed by atoms with van der Waals surface area (Å²) in [6.07, 6.45) is 1.81. The number of ether oxygens (including phenoxy) is 1. The van der Waals surface area contributed by atoms with Crippen molar-refractivity contribution in [3.05, 3.63) is 80.2 Å². The first-order valence-electron chi connectivity index (χ1n) is 12.5. The summed E-state index contributed by atoms with van der Waals surface area (Å²) in [5.41, 5.74) is 3.70. The second-order valence-electron chi connectivity index (χ2n) is 9.14. The molecule has 0 radical (unpaired) electrons. The molecule has 1 aromatic heterocycles. The summed E-state index contributed by atoms with van der Waals surface area (Å²) >= 11 is 4.99. The van der Waals surface area contributed by atoms with Crippen molar-refractivity contribution >= 4 is 39.3 Å². The van der Waals surface area contributed by atoms with Crippen molar-refractivity contribution in [3.63, 3.8) is 0 Å². The molecule has 196 valence electrons. The SMILES string of the molecule is COc1ccc(N2CCN(C(=O)CCCSc3nc(C)c(Cc4ccc(Br)cc4)c(=O)n3C)CC2)cc1. The van der Waals surface area contributed by atoms with E-state index in [9.17, 15) is 9.59 Å². The third kappa shape index (κ3) is 6.96. The molecule has 0 atom stereocenters. The van der Waals surface area contributed by atoms with Crippen LogP contribution in [0.2, 0.25) is 0 Å². The van der Waals surface area contributed by atoms with Crippen molar-refractivity contribution < 1.29 is 9.53 Å². The number of thioether (sulfide) groups is 1. The molecule has 1 fully saturated rings. The monoisotopic (exact) mass is 584 g/mol. The molecular formula is C28H33BrN4O3S. The Hall–Kier alpha value is -2.78. The van der Waals surface area contributed by atoms with Crippen LogP contribution in [0.1, 0.15) is 29.7 Å². The fourth-order valence-corrected chi connectivity index (χ4v) is 5.63. The maximum Gasteiger partial charge on any atom is 0.257 e. The molecule has 0 aliphatic carbocycles. The van der Waals surface area contributed by atoms with E-state index >= 15 is 0 Å². The molecule has 0 bridgehead atoms. The molecule has 4 rings (SSSR count). The minimum atomic E-state index is -0.0104. The Morgan fingerprint density at radius 1 is 1.05 bits per heavy atom. The van der Waals surface area contributed by atoms with Gasteiger partial charge in [-0.15, -0.1) is 0 Å². The number of anilines is 1. The molecule has 0 spiro atoms. The van der Waals surface area contributed by atoms with Gasteiger partial charge in [-0.1, -0.05) is 39.8 Å². The van der Waals surface area contributed by atoms with Crippen LogP contribution in [0.25, 0.3) is 0 Å². The van der Waals surface area contributed by atoms with Gasteiger partial charge in [0.25, 0.3) is 5.56 Å². The molecular weight excluding hydrogens is 552 g/mol. The topological polar surface area (TPSA) is 67.7 Å². The molecule has 0 unspecified atom stereocenters. The molecule has 1 saturated heterocycles. The van der Waals surface area contributed by atoms with Gasteiger partial charge in [0.05, 0.1) is 7.11 Å². The molecule has 0 saturated carbocycles. The van der Waals surface area contributed by atoms with E-state index in [4.69, 9.17) is 9.72 Å². The summed E-state index contributed by atoms with van der Waals surface area (Å²) in [7, 11) is 3.44. The normalized spacial score (nSPS) is 13.6. The van der Waals surface area contributed by atoms with Crippen molar-refractivity contribution in [1.82, 2.24) is 14.5 Å². The van der Waals surface area contributed by atoms with Crippen molar-refractivity contribution in [2.45, 2.75) is 31.3 Å². The van der Waals surface area contributed by atoms with Gasteiger partial charge < -0.3 is 14.5 Å². The van der Waals surface area contributed by atoms with E-state index in [0.717, 1.165) is 71.1 Å². The lowest BCUT2D eigenvalue weighted by atomic mass is 10.1. The van der Waals surface area contributed by atoms with Crippen LogP contribution in [0.5, 0.6) is 5.75 Å². The lowest BCUT2D eigenvalue weighted by Gasteiger charge is -2.36. The first-order valence-corrected chi connectivity index (χ1v) is 14.2. The zero-order valence-electron chi connectivity index (χ0n) is 21.6. The molecule has 37 heavy (non-hydrogen) atoms. The zero-order valence-corrected chi connectivity index (χ0v) is 24.0. The average molecular weight is 586 g/mol. The molecule has 1 aliphatic heterocycles. The highest BCUT2D eigenvalue weighted by molar-refractivity contribution is 9.10. The smallest absolute Gasteiger partial charge is 0.257 e. The van der Waals surface area contributed by atoms with Crippen molar-refractivity contribution in [3.8, 4) is 5.75 Å². The minimum absolute atomic E-state index is 0.0104. The van der Waals surface area contributed by atoms with E-state index in [1.54, 1.807) is 18.7 Å². The number of hydrogen-bond donors (Lipinski definition) is 0. The van der Waals surface area contributed by atoms with Gasteiger partial charge in [0.2, 0.25) is 5.91 Å². The Bertz CT molecular complexity index is 1270.